The summed E-state index contributed by atoms with van der Waals surface area (Å²) in [6, 6.07) is 17.7. The zero-order valence-corrected chi connectivity index (χ0v) is 16.2. The van der Waals surface area contributed by atoms with Crippen molar-refractivity contribution in [2.24, 2.45) is 0 Å². The third-order valence-electron chi connectivity index (χ3n) is 4.34. The molecular formula is C22H19N3O2S. The van der Waals surface area contributed by atoms with Gasteiger partial charge in [-0.2, -0.15) is 0 Å². The van der Waals surface area contributed by atoms with Crippen LogP contribution < -0.4 is 10.1 Å². The lowest BCUT2D eigenvalue weighted by Crippen LogP contribution is -2.28. The molecule has 2 aromatic carbocycles. The molecule has 0 aliphatic carbocycles. The summed E-state index contributed by atoms with van der Waals surface area (Å²) in [5.74, 6) is 0.519. The Balaban J connectivity index is 1.33. The molecule has 2 aromatic heterocycles. The Labute approximate surface area is 167 Å². The number of benzene rings is 2. The topological polar surface area (TPSA) is 64.1 Å². The van der Waals surface area contributed by atoms with Crippen LogP contribution in [0.2, 0.25) is 0 Å². The monoisotopic (exact) mass is 389 g/mol. The molecule has 0 saturated carbocycles. The summed E-state index contributed by atoms with van der Waals surface area (Å²) in [7, 11) is 0. The minimum Gasteiger partial charge on any atom is -0.484 e. The van der Waals surface area contributed by atoms with Gasteiger partial charge in [0.25, 0.3) is 5.91 Å². The number of hydrogen-bond acceptors (Lipinski definition) is 5. The standard InChI is InChI=1S/C22H19N3O2S/c1-15-20(28-22(25-15)18-7-4-10-23-12-18)13-24-21(26)14-27-19-9-8-16-5-2-3-6-17(16)11-19/h2-12H,13-14H2,1H3,(H,24,26). The molecule has 0 unspecified atom stereocenters. The van der Waals surface area contributed by atoms with Crippen molar-refractivity contribution in [3.8, 4) is 16.3 Å². The van der Waals surface area contributed by atoms with Crippen LogP contribution in [0.25, 0.3) is 21.3 Å². The molecule has 0 bridgehead atoms. The average molecular weight is 389 g/mol. The van der Waals surface area contributed by atoms with Crippen molar-refractivity contribution in [2.45, 2.75) is 13.5 Å². The van der Waals surface area contributed by atoms with Crippen LogP contribution in [0.3, 0.4) is 0 Å². The fourth-order valence-electron chi connectivity index (χ4n) is 2.84. The van der Waals surface area contributed by atoms with Gasteiger partial charge < -0.3 is 10.1 Å². The zero-order valence-electron chi connectivity index (χ0n) is 15.4. The van der Waals surface area contributed by atoms with Crippen molar-refractivity contribution in [1.29, 1.82) is 0 Å². The summed E-state index contributed by atoms with van der Waals surface area (Å²) >= 11 is 1.56. The fourth-order valence-corrected chi connectivity index (χ4v) is 3.83. The number of fused-ring (bicyclic) bond motifs is 1. The van der Waals surface area contributed by atoms with Crippen LogP contribution in [0.15, 0.2) is 67.0 Å². The van der Waals surface area contributed by atoms with Gasteiger partial charge in [0.1, 0.15) is 10.8 Å². The van der Waals surface area contributed by atoms with Crippen LogP contribution in [-0.4, -0.2) is 22.5 Å². The quantitative estimate of drug-likeness (QED) is 0.532. The number of nitrogens with zero attached hydrogens (tertiary/aromatic N) is 2. The Bertz CT molecular complexity index is 1110. The molecule has 6 heteroatoms. The molecule has 0 spiro atoms. The van der Waals surface area contributed by atoms with Gasteiger partial charge in [-0.3, -0.25) is 9.78 Å². The summed E-state index contributed by atoms with van der Waals surface area (Å²) in [5, 5.41) is 6.04. The number of amides is 1. The Morgan fingerprint density at radius 2 is 1.96 bits per heavy atom. The van der Waals surface area contributed by atoms with Gasteiger partial charge in [-0.05, 0) is 42.0 Å². The second-order valence-electron chi connectivity index (χ2n) is 6.34. The second-order valence-corrected chi connectivity index (χ2v) is 7.43. The highest BCUT2D eigenvalue weighted by molar-refractivity contribution is 7.15. The lowest BCUT2D eigenvalue weighted by atomic mass is 10.1. The zero-order chi connectivity index (χ0) is 19.3. The van der Waals surface area contributed by atoms with Crippen molar-refractivity contribution in [2.75, 3.05) is 6.61 Å². The lowest BCUT2D eigenvalue weighted by molar-refractivity contribution is -0.123. The molecule has 5 nitrogen and oxygen atoms in total. The van der Waals surface area contributed by atoms with E-state index in [9.17, 15) is 4.79 Å². The number of aromatic nitrogens is 2. The maximum absolute atomic E-state index is 12.2. The molecule has 1 amide bonds. The number of carbonyl (C=O) groups excluding carboxylic acids is 1. The number of hydrogen-bond donors (Lipinski definition) is 1. The molecule has 0 atom stereocenters. The largest absolute Gasteiger partial charge is 0.484 e. The van der Waals surface area contributed by atoms with Gasteiger partial charge in [0.05, 0.1) is 12.2 Å². The number of ether oxygens (including phenoxy) is 1. The van der Waals surface area contributed by atoms with E-state index in [0.29, 0.717) is 12.3 Å². The van der Waals surface area contributed by atoms with E-state index in [1.807, 2.05) is 61.5 Å². The van der Waals surface area contributed by atoms with Crippen molar-refractivity contribution < 1.29 is 9.53 Å². The minimum absolute atomic E-state index is 0.0222. The van der Waals surface area contributed by atoms with Crippen molar-refractivity contribution >= 4 is 28.0 Å². The number of nitrogens with one attached hydrogen (secondary N) is 1. The highest BCUT2D eigenvalue weighted by Crippen LogP contribution is 2.27. The summed E-state index contributed by atoms with van der Waals surface area (Å²) in [6.07, 6.45) is 3.53. The van der Waals surface area contributed by atoms with Gasteiger partial charge in [-0.1, -0.05) is 30.3 Å². The molecule has 0 radical (unpaired) electrons. The van der Waals surface area contributed by atoms with Crippen LogP contribution in [0.4, 0.5) is 0 Å². The van der Waals surface area contributed by atoms with Crippen molar-refractivity contribution in [1.82, 2.24) is 15.3 Å². The van der Waals surface area contributed by atoms with E-state index in [0.717, 1.165) is 31.9 Å². The molecule has 0 fully saturated rings. The van der Waals surface area contributed by atoms with E-state index < -0.39 is 0 Å². The summed E-state index contributed by atoms with van der Waals surface area (Å²) in [4.78, 5) is 21.9. The van der Waals surface area contributed by atoms with Gasteiger partial charge >= 0.3 is 0 Å². The van der Waals surface area contributed by atoms with Crippen molar-refractivity contribution in [3.63, 3.8) is 0 Å². The number of thiazole rings is 1. The molecule has 0 aliphatic heterocycles. The Morgan fingerprint density at radius 3 is 2.79 bits per heavy atom. The van der Waals surface area contributed by atoms with Crippen LogP contribution in [0.1, 0.15) is 10.6 Å². The third-order valence-corrected chi connectivity index (χ3v) is 5.54. The Hall–Kier alpha value is -3.25. The summed E-state index contributed by atoms with van der Waals surface area (Å²) < 4.78 is 5.64. The van der Waals surface area contributed by atoms with E-state index in [2.05, 4.69) is 15.3 Å². The Morgan fingerprint density at radius 1 is 1.11 bits per heavy atom. The SMILES string of the molecule is Cc1nc(-c2cccnc2)sc1CNC(=O)COc1ccc2ccccc2c1. The molecule has 4 rings (SSSR count). The average Bonchev–Trinajstić information content (AvgIpc) is 3.12. The van der Waals surface area contributed by atoms with Gasteiger partial charge in [0.2, 0.25) is 0 Å². The molecule has 28 heavy (non-hydrogen) atoms. The van der Waals surface area contributed by atoms with Crippen molar-refractivity contribution in [3.05, 3.63) is 77.6 Å². The molecule has 4 aromatic rings. The second kappa shape index (κ2) is 8.19. The van der Waals surface area contributed by atoms with Gasteiger partial charge in [0.15, 0.2) is 6.61 Å². The summed E-state index contributed by atoms with van der Waals surface area (Å²) in [5.41, 5.74) is 1.90. The first kappa shape index (κ1) is 18.1. The van der Waals surface area contributed by atoms with Crippen LogP contribution >= 0.6 is 11.3 Å². The molecular weight excluding hydrogens is 370 g/mol. The first-order chi connectivity index (χ1) is 13.7. The Kier molecular flexibility index (Phi) is 5.30. The normalized spacial score (nSPS) is 10.8. The number of carbonyl (C=O) groups is 1. The maximum Gasteiger partial charge on any atom is 0.258 e. The van der Waals surface area contributed by atoms with Crippen LogP contribution in [0.5, 0.6) is 5.75 Å². The fraction of sp³-hybridized carbons (Fsp3) is 0.136. The molecule has 1 N–H and O–H groups in total. The smallest absolute Gasteiger partial charge is 0.258 e. The lowest BCUT2D eigenvalue weighted by Gasteiger charge is -2.08. The molecule has 2 heterocycles. The molecule has 0 saturated heterocycles. The third kappa shape index (κ3) is 4.18. The van der Waals surface area contributed by atoms with E-state index in [1.165, 1.54) is 0 Å². The van der Waals surface area contributed by atoms with Gasteiger partial charge in [-0.25, -0.2) is 4.98 Å². The minimum atomic E-state index is -0.163. The van der Waals surface area contributed by atoms with Crippen LogP contribution in [-0.2, 0) is 11.3 Å². The van der Waals surface area contributed by atoms with E-state index in [1.54, 1.807) is 23.7 Å². The van der Waals surface area contributed by atoms with Gasteiger partial charge in [0, 0.05) is 22.8 Å². The van der Waals surface area contributed by atoms with Crippen LogP contribution in [0, 0.1) is 6.92 Å². The first-order valence-electron chi connectivity index (χ1n) is 8.94. The number of pyridine rings is 1. The highest BCUT2D eigenvalue weighted by atomic mass is 32.1. The van der Waals surface area contributed by atoms with E-state index >= 15 is 0 Å². The predicted octanol–water partition coefficient (Wildman–Crippen LogP) is 4.36. The summed E-state index contributed by atoms with van der Waals surface area (Å²) in [6.45, 7) is 2.36. The highest BCUT2D eigenvalue weighted by Gasteiger charge is 2.11. The molecule has 0 aliphatic rings. The van der Waals surface area contributed by atoms with Gasteiger partial charge in [-0.15, -0.1) is 11.3 Å². The number of aryl methyl sites for hydroxylation is 1. The first-order valence-corrected chi connectivity index (χ1v) is 9.76. The van der Waals surface area contributed by atoms with E-state index in [-0.39, 0.29) is 12.5 Å². The molecule has 140 valence electrons. The van der Waals surface area contributed by atoms with E-state index in [4.69, 9.17) is 4.74 Å². The predicted molar refractivity (Wildman–Crippen MR) is 111 cm³/mol. The maximum atomic E-state index is 12.2. The number of rotatable bonds is 6.